The minimum atomic E-state index is -3.30. The maximum absolute atomic E-state index is 12.3. The summed E-state index contributed by atoms with van der Waals surface area (Å²) in [5.41, 5.74) is 6.36. The summed E-state index contributed by atoms with van der Waals surface area (Å²) in [6.07, 6.45) is 0. The SMILES string of the molecule is NCc1cccc(S(=O)(=O)CCSc2ccccc2Cl)c1. The fourth-order valence-electron chi connectivity index (χ4n) is 1.81. The summed E-state index contributed by atoms with van der Waals surface area (Å²) in [4.78, 5) is 1.22. The van der Waals surface area contributed by atoms with E-state index in [1.54, 1.807) is 24.3 Å². The molecule has 2 N–H and O–H groups in total. The number of benzene rings is 2. The van der Waals surface area contributed by atoms with Crippen LogP contribution in [0, 0.1) is 0 Å². The summed E-state index contributed by atoms with van der Waals surface area (Å²) in [7, 11) is -3.30. The number of sulfone groups is 1. The molecule has 0 radical (unpaired) electrons. The highest BCUT2D eigenvalue weighted by atomic mass is 35.5. The lowest BCUT2D eigenvalue weighted by molar-refractivity contribution is 0.597. The molecule has 0 unspecified atom stereocenters. The first-order valence-corrected chi connectivity index (χ1v) is 9.43. The van der Waals surface area contributed by atoms with Gasteiger partial charge in [-0.05, 0) is 29.8 Å². The molecule has 0 aliphatic carbocycles. The van der Waals surface area contributed by atoms with Gasteiger partial charge in [-0.2, -0.15) is 0 Å². The van der Waals surface area contributed by atoms with Crippen molar-refractivity contribution >= 4 is 33.2 Å². The molecule has 0 aromatic heterocycles. The van der Waals surface area contributed by atoms with Crippen molar-refractivity contribution in [2.75, 3.05) is 11.5 Å². The van der Waals surface area contributed by atoms with Crippen molar-refractivity contribution in [3.63, 3.8) is 0 Å². The average molecular weight is 342 g/mol. The van der Waals surface area contributed by atoms with Crippen molar-refractivity contribution in [2.45, 2.75) is 16.3 Å². The molecule has 0 saturated carbocycles. The number of nitrogens with two attached hydrogens (primary N) is 1. The van der Waals surface area contributed by atoms with Gasteiger partial charge in [-0.25, -0.2) is 8.42 Å². The predicted molar refractivity (Wildman–Crippen MR) is 88.6 cm³/mol. The zero-order valence-corrected chi connectivity index (χ0v) is 13.7. The monoisotopic (exact) mass is 341 g/mol. The van der Waals surface area contributed by atoms with Crippen LogP contribution in [0.25, 0.3) is 0 Å². The second-order valence-electron chi connectivity index (χ2n) is 4.45. The van der Waals surface area contributed by atoms with Crippen LogP contribution in [-0.2, 0) is 16.4 Å². The van der Waals surface area contributed by atoms with Gasteiger partial charge in [-0.15, -0.1) is 11.8 Å². The Labute approximate surface area is 134 Å². The van der Waals surface area contributed by atoms with E-state index in [4.69, 9.17) is 17.3 Å². The minimum Gasteiger partial charge on any atom is -0.326 e. The van der Waals surface area contributed by atoms with Crippen molar-refractivity contribution in [3.05, 3.63) is 59.1 Å². The van der Waals surface area contributed by atoms with Crippen LogP contribution >= 0.6 is 23.4 Å². The molecule has 0 aliphatic rings. The second-order valence-corrected chi connectivity index (χ2v) is 8.10. The van der Waals surface area contributed by atoms with Crippen LogP contribution in [0.15, 0.2) is 58.3 Å². The van der Waals surface area contributed by atoms with E-state index in [0.717, 1.165) is 10.5 Å². The van der Waals surface area contributed by atoms with Gasteiger partial charge >= 0.3 is 0 Å². The van der Waals surface area contributed by atoms with E-state index in [9.17, 15) is 8.42 Å². The molecular weight excluding hydrogens is 326 g/mol. The summed E-state index contributed by atoms with van der Waals surface area (Å²) >= 11 is 7.49. The number of thioether (sulfide) groups is 1. The molecular formula is C15H16ClNO2S2. The van der Waals surface area contributed by atoms with Crippen molar-refractivity contribution in [3.8, 4) is 0 Å². The number of rotatable bonds is 6. The van der Waals surface area contributed by atoms with Crippen LogP contribution in [0.5, 0.6) is 0 Å². The Bertz CT molecular complexity index is 717. The largest absolute Gasteiger partial charge is 0.326 e. The normalized spacial score (nSPS) is 11.5. The number of hydrogen-bond acceptors (Lipinski definition) is 4. The van der Waals surface area contributed by atoms with Crippen LogP contribution in [0.1, 0.15) is 5.56 Å². The van der Waals surface area contributed by atoms with Gasteiger partial charge in [0.25, 0.3) is 0 Å². The van der Waals surface area contributed by atoms with E-state index in [1.165, 1.54) is 11.8 Å². The topological polar surface area (TPSA) is 60.2 Å². The fourth-order valence-corrected chi connectivity index (χ4v) is 4.77. The molecule has 2 aromatic rings. The lowest BCUT2D eigenvalue weighted by Gasteiger charge is -2.07. The standard InChI is InChI=1S/C15H16ClNO2S2/c16-14-6-1-2-7-15(14)20-8-9-21(18,19)13-5-3-4-12(10-13)11-17/h1-7,10H,8-9,11,17H2. The third kappa shape index (κ3) is 4.48. The van der Waals surface area contributed by atoms with Gasteiger partial charge in [0.2, 0.25) is 0 Å². The smallest absolute Gasteiger partial charge is 0.179 e. The van der Waals surface area contributed by atoms with Crippen molar-refractivity contribution in [1.29, 1.82) is 0 Å². The zero-order chi connectivity index (χ0) is 15.3. The highest BCUT2D eigenvalue weighted by Crippen LogP contribution is 2.27. The van der Waals surface area contributed by atoms with Gasteiger partial charge in [0, 0.05) is 17.2 Å². The Kier molecular flexibility index (Phi) is 5.70. The molecule has 3 nitrogen and oxygen atoms in total. The Morgan fingerprint density at radius 2 is 1.86 bits per heavy atom. The first-order chi connectivity index (χ1) is 10.0. The first-order valence-electron chi connectivity index (χ1n) is 6.42. The summed E-state index contributed by atoms with van der Waals surface area (Å²) in [5, 5.41) is 0.644. The van der Waals surface area contributed by atoms with Crippen LogP contribution in [0.2, 0.25) is 5.02 Å². The molecule has 0 heterocycles. The lowest BCUT2D eigenvalue weighted by Crippen LogP contribution is -2.09. The van der Waals surface area contributed by atoms with Crippen LogP contribution in [0.3, 0.4) is 0 Å². The molecule has 0 aliphatic heterocycles. The molecule has 0 bridgehead atoms. The molecule has 21 heavy (non-hydrogen) atoms. The molecule has 0 atom stereocenters. The third-order valence-electron chi connectivity index (χ3n) is 2.94. The minimum absolute atomic E-state index is 0.0664. The van der Waals surface area contributed by atoms with E-state index >= 15 is 0 Å². The fraction of sp³-hybridized carbons (Fsp3) is 0.200. The quantitative estimate of drug-likeness (QED) is 0.818. The number of halogens is 1. The van der Waals surface area contributed by atoms with Crippen molar-refractivity contribution in [1.82, 2.24) is 0 Å². The summed E-state index contributed by atoms with van der Waals surface area (Å²) in [6, 6.07) is 14.2. The van der Waals surface area contributed by atoms with Crippen molar-refractivity contribution in [2.24, 2.45) is 5.73 Å². The second kappa shape index (κ2) is 7.31. The maximum Gasteiger partial charge on any atom is 0.179 e. The molecule has 0 fully saturated rings. The van der Waals surface area contributed by atoms with E-state index in [1.807, 2.05) is 24.3 Å². The molecule has 0 saturated heterocycles. The van der Waals surface area contributed by atoms with Gasteiger partial charge in [-0.1, -0.05) is 35.9 Å². The van der Waals surface area contributed by atoms with Crippen LogP contribution < -0.4 is 5.73 Å². The summed E-state index contributed by atoms with van der Waals surface area (Å²) in [6.45, 7) is 0.331. The Morgan fingerprint density at radius 3 is 2.57 bits per heavy atom. The van der Waals surface area contributed by atoms with Crippen molar-refractivity contribution < 1.29 is 8.42 Å². The molecule has 6 heteroatoms. The Hall–Kier alpha value is -1.01. The van der Waals surface area contributed by atoms with E-state index < -0.39 is 9.84 Å². The number of hydrogen-bond donors (Lipinski definition) is 1. The molecule has 0 spiro atoms. The molecule has 0 amide bonds. The van der Waals surface area contributed by atoms with Gasteiger partial charge in [0.15, 0.2) is 9.84 Å². The molecule has 112 valence electrons. The molecule has 2 rings (SSSR count). The molecule has 2 aromatic carbocycles. The van der Waals surface area contributed by atoms with E-state index in [-0.39, 0.29) is 5.75 Å². The average Bonchev–Trinajstić information content (AvgIpc) is 2.49. The van der Waals surface area contributed by atoms with Crippen LogP contribution in [0.4, 0.5) is 0 Å². The van der Waals surface area contributed by atoms with Crippen LogP contribution in [-0.4, -0.2) is 19.9 Å². The van der Waals surface area contributed by atoms with Gasteiger partial charge in [0.05, 0.1) is 15.7 Å². The van der Waals surface area contributed by atoms with E-state index in [0.29, 0.717) is 22.2 Å². The maximum atomic E-state index is 12.3. The Balaban J connectivity index is 2.03. The van der Waals surface area contributed by atoms with Gasteiger partial charge in [-0.3, -0.25) is 0 Å². The summed E-state index contributed by atoms with van der Waals surface area (Å²) in [5.74, 6) is 0.524. The predicted octanol–water partition coefficient (Wildman–Crippen LogP) is 3.36. The Morgan fingerprint density at radius 1 is 1.10 bits per heavy atom. The summed E-state index contributed by atoms with van der Waals surface area (Å²) < 4.78 is 24.6. The highest BCUT2D eigenvalue weighted by Gasteiger charge is 2.15. The zero-order valence-electron chi connectivity index (χ0n) is 11.3. The van der Waals surface area contributed by atoms with Gasteiger partial charge < -0.3 is 5.73 Å². The van der Waals surface area contributed by atoms with E-state index in [2.05, 4.69) is 0 Å². The first kappa shape index (κ1) is 16.4. The van der Waals surface area contributed by atoms with Gasteiger partial charge in [0.1, 0.15) is 0 Å². The third-order valence-corrected chi connectivity index (χ3v) is 6.43. The lowest BCUT2D eigenvalue weighted by atomic mass is 10.2. The highest BCUT2D eigenvalue weighted by molar-refractivity contribution is 8.00.